The first kappa shape index (κ1) is 25.6. The van der Waals surface area contributed by atoms with E-state index in [1.807, 2.05) is 0 Å². The lowest BCUT2D eigenvalue weighted by molar-refractivity contribution is -0.143. The van der Waals surface area contributed by atoms with Crippen molar-refractivity contribution in [2.45, 2.75) is 32.3 Å². The number of nitrogens with two attached hydrogens (primary N) is 1. The van der Waals surface area contributed by atoms with Gasteiger partial charge in [0.25, 0.3) is 0 Å². The fourth-order valence-electron chi connectivity index (χ4n) is 2.55. The Labute approximate surface area is 184 Å². The summed E-state index contributed by atoms with van der Waals surface area (Å²) in [5.41, 5.74) is 2.03. The molecule has 0 aliphatic rings. The standard InChI is InChI=1S/C20H19F6N5O2/c1-11(2)33-18(32)16(13(7-27)8-28-3)9-31-10-29-17(30-31)12-4-14(19(21,22)23)6-15(5-12)20(24,25)26/h4-11H,27H2,1-3H3/b13-7?,16-9+,28-8?. The van der Waals surface area contributed by atoms with Crippen LogP contribution in [0.1, 0.15) is 25.0 Å². The number of ether oxygens (including phenoxy) is 1. The van der Waals surface area contributed by atoms with Gasteiger partial charge in [0, 0.05) is 36.8 Å². The van der Waals surface area contributed by atoms with Crippen molar-refractivity contribution in [2.24, 2.45) is 10.7 Å². The topological polar surface area (TPSA) is 95.4 Å². The number of benzene rings is 1. The first-order valence-corrected chi connectivity index (χ1v) is 9.24. The fourth-order valence-corrected chi connectivity index (χ4v) is 2.55. The monoisotopic (exact) mass is 475 g/mol. The SMILES string of the molecule is CN=CC(=CN)/C(=C\n1cnc(-c2cc(C(F)(F)F)cc(C(F)(F)F)c2)n1)C(=O)OC(C)C. The molecule has 0 unspecified atom stereocenters. The van der Waals surface area contributed by atoms with Crippen molar-refractivity contribution in [3.63, 3.8) is 0 Å². The van der Waals surface area contributed by atoms with Gasteiger partial charge in [-0.05, 0) is 32.0 Å². The smallest absolute Gasteiger partial charge is 0.416 e. The molecule has 0 fully saturated rings. The van der Waals surface area contributed by atoms with Crippen molar-refractivity contribution in [1.29, 1.82) is 0 Å². The highest BCUT2D eigenvalue weighted by Crippen LogP contribution is 2.38. The third kappa shape index (κ3) is 6.67. The maximum Gasteiger partial charge on any atom is 0.416 e. The van der Waals surface area contributed by atoms with Crippen LogP contribution in [0.4, 0.5) is 26.3 Å². The second-order valence-electron chi connectivity index (χ2n) is 6.85. The van der Waals surface area contributed by atoms with E-state index >= 15 is 0 Å². The molecule has 0 atom stereocenters. The Morgan fingerprint density at radius 3 is 2.15 bits per heavy atom. The number of nitrogens with zero attached hydrogens (tertiary/aromatic N) is 4. The highest BCUT2D eigenvalue weighted by Gasteiger charge is 2.37. The molecule has 0 radical (unpaired) electrons. The summed E-state index contributed by atoms with van der Waals surface area (Å²) in [6.07, 6.45) is -6.09. The molecule has 1 heterocycles. The second kappa shape index (κ2) is 9.88. The van der Waals surface area contributed by atoms with E-state index in [1.165, 1.54) is 13.3 Å². The molecule has 1 aromatic heterocycles. The van der Waals surface area contributed by atoms with Gasteiger partial charge in [-0.1, -0.05) is 0 Å². The second-order valence-corrected chi connectivity index (χ2v) is 6.85. The van der Waals surface area contributed by atoms with Gasteiger partial charge in [0.05, 0.1) is 22.8 Å². The van der Waals surface area contributed by atoms with Crippen LogP contribution in [0.3, 0.4) is 0 Å². The number of esters is 1. The van der Waals surface area contributed by atoms with Crippen LogP contribution in [0.2, 0.25) is 0 Å². The molecule has 0 aliphatic carbocycles. The zero-order chi connectivity index (χ0) is 25.0. The summed E-state index contributed by atoms with van der Waals surface area (Å²) in [6, 6.07) is 1.01. The van der Waals surface area contributed by atoms with Crippen molar-refractivity contribution < 1.29 is 35.9 Å². The summed E-state index contributed by atoms with van der Waals surface area (Å²) in [6.45, 7) is 3.21. The minimum absolute atomic E-state index is 0.00280. The van der Waals surface area contributed by atoms with Gasteiger partial charge >= 0.3 is 18.3 Å². The summed E-state index contributed by atoms with van der Waals surface area (Å²) in [5, 5.41) is 3.88. The van der Waals surface area contributed by atoms with Crippen LogP contribution < -0.4 is 5.73 Å². The highest BCUT2D eigenvalue weighted by atomic mass is 19.4. The lowest BCUT2D eigenvalue weighted by Crippen LogP contribution is -2.17. The van der Waals surface area contributed by atoms with Gasteiger partial charge in [-0.2, -0.15) is 26.3 Å². The Bertz CT molecular complexity index is 1060. The number of aliphatic imine (C=N–C) groups is 1. The molecular weight excluding hydrogens is 456 g/mol. The van der Waals surface area contributed by atoms with E-state index in [9.17, 15) is 31.1 Å². The summed E-state index contributed by atoms with van der Waals surface area (Å²) >= 11 is 0. The van der Waals surface area contributed by atoms with Gasteiger partial charge in [0.15, 0.2) is 5.82 Å². The molecular formula is C20H19F6N5O2. The molecule has 178 valence electrons. The fraction of sp³-hybridized carbons (Fsp3) is 0.300. The summed E-state index contributed by atoms with van der Waals surface area (Å²) in [4.78, 5) is 20.0. The predicted octanol–water partition coefficient (Wildman–Crippen LogP) is 4.32. The largest absolute Gasteiger partial charge is 0.459 e. The Hall–Kier alpha value is -3.64. The zero-order valence-electron chi connectivity index (χ0n) is 17.6. The number of aromatic nitrogens is 3. The number of rotatable bonds is 6. The highest BCUT2D eigenvalue weighted by molar-refractivity contribution is 6.05. The average molecular weight is 475 g/mol. The van der Waals surface area contributed by atoms with Gasteiger partial charge in [0.1, 0.15) is 6.33 Å². The molecule has 1 aromatic carbocycles. The molecule has 0 amide bonds. The molecule has 2 rings (SSSR count). The van der Waals surface area contributed by atoms with Crippen molar-refractivity contribution in [2.75, 3.05) is 7.05 Å². The molecule has 7 nitrogen and oxygen atoms in total. The molecule has 2 N–H and O–H groups in total. The molecule has 0 saturated carbocycles. The van der Waals surface area contributed by atoms with Crippen molar-refractivity contribution in [3.8, 4) is 11.4 Å². The third-order valence-electron chi connectivity index (χ3n) is 3.94. The molecule has 0 saturated heterocycles. The lowest BCUT2D eigenvalue weighted by Gasteiger charge is -2.13. The van der Waals surface area contributed by atoms with Gasteiger partial charge in [-0.3, -0.25) is 4.99 Å². The Morgan fingerprint density at radius 1 is 1.12 bits per heavy atom. The molecule has 0 bridgehead atoms. The van der Waals surface area contributed by atoms with Crippen molar-refractivity contribution in [3.05, 3.63) is 53.0 Å². The molecule has 13 heteroatoms. The minimum atomic E-state index is -5.02. The van der Waals surface area contributed by atoms with Crippen LogP contribution >= 0.6 is 0 Å². The minimum Gasteiger partial charge on any atom is -0.459 e. The van der Waals surface area contributed by atoms with Gasteiger partial charge in [-0.15, -0.1) is 5.10 Å². The van der Waals surface area contributed by atoms with Crippen LogP contribution in [0, 0.1) is 0 Å². The van der Waals surface area contributed by atoms with Crippen molar-refractivity contribution in [1.82, 2.24) is 14.8 Å². The number of carbonyl (C=O) groups excluding carboxylic acids is 1. The van der Waals surface area contributed by atoms with E-state index < -0.39 is 46.9 Å². The Kier molecular flexibility index (Phi) is 7.67. The normalized spacial score (nSPS) is 13.8. The van der Waals surface area contributed by atoms with Crippen LogP contribution in [0.15, 0.2) is 46.9 Å². The molecule has 0 spiro atoms. The summed E-state index contributed by atoms with van der Waals surface area (Å²) < 4.78 is 84.8. The molecule has 0 aliphatic heterocycles. The summed E-state index contributed by atoms with van der Waals surface area (Å²) in [7, 11) is 1.42. The quantitative estimate of drug-likeness (QED) is 0.221. The Balaban J connectivity index is 2.59. The number of alkyl halides is 6. The Morgan fingerprint density at radius 2 is 1.70 bits per heavy atom. The van der Waals surface area contributed by atoms with E-state index in [-0.39, 0.29) is 17.2 Å². The van der Waals surface area contributed by atoms with E-state index in [2.05, 4.69) is 15.1 Å². The van der Waals surface area contributed by atoms with E-state index in [0.29, 0.717) is 12.1 Å². The van der Waals surface area contributed by atoms with E-state index in [0.717, 1.165) is 23.4 Å². The zero-order valence-corrected chi connectivity index (χ0v) is 17.6. The van der Waals surface area contributed by atoms with Crippen LogP contribution in [-0.4, -0.2) is 40.1 Å². The molecule has 2 aromatic rings. The van der Waals surface area contributed by atoms with Crippen LogP contribution in [0.5, 0.6) is 0 Å². The number of hydrogen-bond donors (Lipinski definition) is 1. The summed E-state index contributed by atoms with van der Waals surface area (Å²) in [5.74, 6) is -1.24. The number of halogens is 6. The van der Waals surface area contributed by atoms with Crippen LogP contribution in [-0.2, 0) is 21.9 Å². The van der Waals surface area contributed by atoms with Gasteiger partial charge in [-0.25, -0.2) is 14.5 Å². The van der Waals surface area contributed by atoms with Gasteiger partial charge < -0.3 is 10.5 Å². The first-order chi connectivity index (χ1) is 15.3. The number of carbonyl (C=O) groups is 1. The maximum atomic E-state index is 13.1. The van der Waals surface area contributed by atoms with E-state index in [1.54, 1.807) is 13.8 Å². The van der Waals surface area contributed by atoms with Gasteiger partial charge in [0.2, 0.25) is 0 Å². The molecule has 33 heavy (non-hydrogen) atoms. The average Bonchev–Trinajstić information content (AvgIpc) is 3.17. The predicted molar refractivity (Wildman–Crippen MR) is 108 cm³/mol. The third-order valence-corrected chi connectivity index (χ3v) is 3.94. The first-order valence-electron chi connectivity index (χ1n) is 9.24. The maximum absolute atomic E-state index is 13.1. The lowest BCUT2D eigenvalue weighted by atomic mass is 10.0. The van der Waals surface area contributed by atoms with Crippen molar-refractivity contribution >= 4 is 18.4 Å². The number of hydrogen-bond acceptors (Lipinski definition) is 6. The van der Waals surface area contributed by atoms with Crippen LogP contribution in [0.25, 0.3) is 17.6 Å². The van der Waals surface area contributed by atoms with E-state index in [4.69, 9.17) is 10.5 Å².